The van der Waals surface area contributed by atoms with Crippen LogP contribution in [0.3, 0.4) is 0 Å². The normalized spacial score (nSPS) is 21.3. The summed E-state index contributed by atoms with van der Waals surface area (Å²) in [4.78, 5) is 31.2. The number of benzene rings is 1. The molecule has 3 rings (SSSR count). The van der Waals surface area contributed by atoms with Crippen molar-refractivity contribution in [2.45, 2.75) is 45.1 Å². The number of amides is 2. The van der Waals surface area contributed by atoms with Crippen LogP contribution in [0, 0.1) is 0 Å². The van der Waals surface area contributed by atoms with Crippen molar-refractivity contribution in [3.05, 3.63) is 30.3 Å². The first kappa shape index (κ1) is 17.8. The maximum Gasteiger partial charge on any atom is 0.232 e. The fourth-order valence-electron chi connectivity index (χ4n) is 3.95. The lowest BCUT2D eigenvalue weighted by Crippen LogP contribution is -2.50. The molecular weight excluding hydrogens is 314 g/mol. The molecule has 1 unspecified atom stereocenters. The molecule has 0 bridgehead atoms. The Morgan fingerprint density at radius 3 is 2.36 bits per heavy atom. The summed E-state index contributed by atoms with van der Waals surface area (Å²) in [5, 5.41) is 0. The molecule has 0 aromatic heterocycles. The molecule has 2 saturated heterocycles. The molecule has 2 fully saturated rings. The Morgan fingerprint density at radius 2 is 1.68 bits per heavy atom. The predicted molar refractivity (Wildman–Crippen MR) is 99.5 cm³/mol. The maximum absolute atomic E-state index is 12.6. The third kappa shape index (κ3) is 4.33. The highest BCUT2D eigenvalue weighted by molar-refractivity contribution is 5.97. The van der Waals surface area contributed by atoms with Gasteiger partial charge < -0.3 is 14.7 Å². The highest BCUT2D eigenvalue weighted by Gasteiger charge is 2.29. The molecule has 5 nitrogen and oxygen atoms in total. The van der Waals surface area contributed by atoms with Gasteiger partial charge in [-0.25, -0.2) is 0 Å². The van der Waals surface area contributed by atoms with Crippen molar-refractivity contribution < 1.29 is 9.59 Å². The summed E-state index contributed by atoms with van der Waals surface area (Å²) in [6.07, 6.45) is 4.34. The highest BCUT2D eigenvalue weighted by Crippen LogP contribution is 2.21. The Hall–Kier alpha value is -2.04. The summed E-state index contributed by atoms with van der Waals surface area (Å²) in [7, 11) is 0. The number of piperazine rings is 1. The van der Waals surface area contributed by atoms with E-state index in [4.69, 9.17) is 0 Å². The standard InChI is InChI=1S/C20H29N3O2/c1-2-17-8-6-7-11-23(17)20(25)16-19(24)22-14-12-21(13-15-22)18-9-4-3-5-10-18/h3-5,9-10,17H,2,6-8,11-16H2,1H3. The molecule has 2 amide bonds. The zero-order chi connectivity index (χ0) is 17.6. The minimum absolute atomic E-state index is 0.0156. The first-order chi connectivity index (χ1) is 12.2. The second-order valence-corrected chi connectivity index (χ2v) is 7.03. The molecule has 25 heavy (non-hydrogen) atoms. The van der Waals surface area contributed by atoms with E-state index in [-0.39, 0.29) is 18.2 Å². The maximum atomic E-state index is 12.6. The van der Waals surface area contributed by atoms with Crippen molar-refractivity contribution in [2.75, 3.05) is 37.6 Å². The number of anilines is 1. The van der Waals surface area contributed by atoms with Crippen LogP contribution in [-0.4, -0.2) is 60.4 Å². The van der Waals surface area contributed by atoms with Gasteiger partial charge in [-0.15, -0.1) is 0 Å². The highest BCUT2D eigenvalue weighted by atomic mass is 16.2. The van der Waals surface area contributed by atoms with Gasteiger partial charge in [0.25, 0.3) is 0 Å². The molecule has 0 saturated carbocycles. The lowest BCUT2D eigenvalue weighted by atomic mass is 9.99. The van der Waals surface area contributed by atoms with Crippen molar-refractivity contribution in [3.8, 4) is 0 Å². The molecule has 2 aliphatic rings. The molecule has 1 aromatic rings. The molecule has 2 heterocycles. The number of carbonyl (C=O) groups is 2. The monoisotopic (exact) mass is 343 g/mol. The molecule has 136 valence electrons. The van der Waals surface area contributed by atoms with Gasteiger partial charge in [0, 0.05) is 44.5 Å². The van der Waals surface area contributed by atoms with Crippen LogP contribution >= 0.6 is 0 Å². The van der Waals surface area contributed by atoms with Crippen LogP contribution < -0.4 is 4.90 Å². The topological polar surface area (TPSA) is 43.9 Å². The number of carbonyl (C=O) groups excluding carboxylic acids is 2. The lowest BCUT2D eigenvalue weighted by molar-refractivity contribution is -0.143. The average Bonchev–Trinajstić information content (AvgIpc) is 2.68. The van der Waals surface area contributed by atoms with Gasteiger partial charge in [0.05, 0.1) is 0 Å². The van der Waals surface area contributed by atoms with Crippen molar-refractivity contribution in [1.82, 2.24) is 9.80 Å². The van der Waals surface area contributed by atoms with Crippen molar-refractivity contribution >= 4 is 17.5 Å². The molecule has 0 aliphatic carbocycles. The van der Waals surface area contributed by atoms with Gasteiger partial charge in [0.1, 0.15) is 6.42 Å². The Kier molecular flexibility index (Phi) is 5.95. The van der Waals surface area contributed by atoms with Gasteiger partial charge in [-0.1, -0.05) is 25.1 Å². The second kappa shape index (κ2) is 8.37. The van der Waals surface area contributed by atoms with Crippen LogP contribution in [0.25, 0.3) is 0 Å². The number of piperidine rings is 1. The Labute approximate surface area is 150 Å². The van der Waals surface area contributed by atoms with E-state index in [9.17, 15) is 9.59 Å². The molecule has 5 heteroatoms. The van der Waals surface area contributed by atoms with E-state index in [1.165, 1.54) is 12.1 Å². The lowest BCUT2D eigenvalue weighted by Gasteiger charge is -2.38. The molecule has 1 aromatic carbocycles. The molecule has 2 aliphatic heterocycles. The molecule has 0 spiro atoms. The van der Waals surface area contributed by atoms with Gasteiger partial charge >= 0.3 is 0 Å². The third-order valence-corrected chi connectivity index (χ3v) is 5.47. The SMILES string of the molecule is CCC1CCCCN1C(=O)CC(=O)N1CCN(c2ccccc2)CC1. The smallest absolute Gasteiger partial charge is 0.232 e. The number of likely N-dealkylation sites (tertiary alicyclic amines) is 1. The van der Waals surface area contributed by atoms with Gasteiger partial charge in [-0.3, -0.25) is 9.59 Å². The number of hydrogen-bond donors (Lipinski definition) is 0. The summed E-state index contributed by atoms with van der Waals surface area (Å²) in [6, 6.07) is 10.6. The predicted octanol–water partition coefficient (Wildman–Crippen LogP) is 2.52. The summed E-state index contributed by atoms with van der Waals surface area (Å²) < 4.78 is 0. The van der Waals surface area contributed by atoms with Gasteiger partial charge in [-0.2, -0.15) is 0 Å². The molecule has 1 atom stereocenters. The zero-order valence-electron chi connectivity index (χ0n) is 15.2. The number of hydrogen-bond acceptors (Lipinski definition) is 3. The number of para-hydroxylation sites is 1. The van der Waals surface area contributed by atoms with E-state index in [0.29, 0.717) is 19.1 Å². The minimum Gasteiger partial charge on any atom is -0.368 e. The van der Waals surface area contributed by atoms with E-state index in [2.05, 4.69) is 24.0 Å². The van der Waals surface area contributed by atoms with E-state index >= 15 is 0 Å². The van der Waals surface area contributed by atoms with Gasteiger partial charge in [-0.05, 0) is 37.8 Å². The van der Waals surface area contributed by atoms with Crippen molar-refractivity contribution in [2.24, 2.45) is 0 Å². The van der Waals surface area contributed by atoms with Crippen LogP contribution in [0.4, 0.5) is 5.69 Å². The van der Waals surface area contributed by atoms with Crippen molar-refractivity contribution in [1.29, 1.82) is 0 Å². The van der Waals surface area contributed by atoms with E-state index in [1.807, 2.05) is 28.0 Å². The third-order valence-electron chi connectivity index (χ3n) is 5.47. The van der Waals surface area contributed by atoms with E-state index in [0.717, 1.165) is 38.9 Å². The summed E-state index contributed by atoms with van der Waals surface area (Å²) in [5.41, 5.74) is 1.20. The molecular formula is C20H29N3O2. The minimum atomic E-state index is -0.0156. The largest absolute Gasteiger partial charge is 0.368 e. The van der Waals surface area contributed by atoms with Crippen LogP contribution in [0.1, 0.15) is 39.0 Å². The molecule has 0 radical (unpaired) electrons. The number of nitrogens with zero attached hydrogens (tertiary/aromatic N) is 3. The fraction of sp³-hybridized carbons (Fsp3) is 0.600. The first-order valence-corrected chi connectivity index (χ1v) is 9.56. The Morgan fingerprint density at radius 1 is 0.960 bits per heavy atom. The first-order valence-electron chi connectivity index (χ1n) is 9.56. The van der Waals surface area contributed by atoms with Crippen LogP contribution in [-0.2, 0) is 9.59 Å². The van der Waals surface area contributed by atoms with Crippen LogP contribution in [0.5, 0.6) is 0 Å². The van der Waals surface area contributed by atoms with E-state index in [1.54, 1.807) is 0 Å². The average molecular weight is 343 g/mol. The quantitative estimate of drug-likeness (QED) is 0.789. The Balaban J connectivity index is 1.50. The summed E-state index contributed by atoms with van der Waals surface area (Å²) in [6.45, 7) is 5.97. The second-order valence-electron chi connectivity index (χ2n) is 7.03. The van der Waals surface area contributed by atoms with E-state index < -0.39 is 0 Å². The summed E-state index contributed by atoms with van der Waals surface area (Å²) >= 11 is 0. The zero-order valence-corrected chi connectivity index (χ0v) is 15.2. The summed E-state index contributed by atoms with van der Waals surface area (Å²) in [5.74, 6) is 0.000164. The van der Waals surface area contributed by atoms with Gasteiger partial charge in [0.15, 0.2) is 0 Å². The van der Waals surface area contributed by atoms with Crippen LogP contribution in [0.15, 0.2) is 30.3 Å². The number of rotatable bonds is 4. The Bertz CT molecular complexity index is 582. The molecule has 0 N–H and O–H groups in total. The van der Waals surface area contributed by atoms with Crippen molar-refractivity contribution in [3.63, 3.8) is 0 Å². The van der Waals surface area contributed by atoms with Gasteiger partial charge in [0.2, 0.25) is 11.8 Å². The fourth-order valence-corrected chi connectivity index (χ4v) is 3.95. The van der Waals surface area contributed by atoms with Crippen LogP contribution in [0.2, 0.25) is 0 Å².